The minimum Gasteiger partial charge on any atom is -0.486 e. The van der Waals surface area contributed by atoms with E-state index in [4.69, 9.17) is 4.74 Å². The molecule has 2 fully saturated rings. The predicted octanol–water partition coefficient (Wildman–Crippen LogP) is 8.35. The number of fused-ring (bicyclic) bond motifs is 1. The Balaban J connectivity index is 1.55. The van der Waals surface area contributed by atoms with Gasteiger partial charge in [-0.3, -0.25) is 0 Å². The van der Waals surface area contributed by atoms with Crippen LogP contribution in [0.4, 0.5) is 17.6 Å². The Bertz CT molecular complexity index is 1040. The number of hydrogen-bond acceptors (Lipinski definition) is 1. The molecule has 2 aliphatic rings. The van der Waals surface area contributed by atoms with Gasteiger partial charge in [0.2, 0.25) is 5.82 Å². The number of allylic oxidation sites excluding steroid dienone is 2. The predicted molar refractivity (Wildman–Crippen MR) is 123 cm³/mol. The quantitative estimate of drug-likeness (QED) is 0.312. The van der Waals surface area contributed by atoms with Crippen molar-refractivity contribution in [3.8, 4) is 16.9 Å². The lowest BCUT2D eigenvalue weighted by atomic mass is 9.64. The largest absolute Gasteiger partial charge is 0.486 e. The van der Waals surface area contributed by atoms with Crippen molar-refractivity contribution in [1.29, 1.82) is 0 Å². The maximum atomic E-state index is 15.2. The van der Waals surface area contributed by atoms with Gasteiger partial charge in [-0.05, 0) is 86.8 Å². The standard InChI is InChI=1S/C28H30F4O/c1-3-5-17-6-7-19-16-20(9-8-18(19)15-17)21-10-11-22(26(30)25(21)29)23-12-13-24(33-14-4-2)28(32)27(23)31/h3-5,10-13,17-20H,2,6-9,14-16H2,1H3/b5-3+. The summed E-state index contributed by atoms with van der Waals surface area (Å²) in [5.41, 5.74) is -0.270. The average molecular weight is 459 g/mol. The number of ether oxygens (including phenoxy) is 1. The molecule has 2 saturated carbocycles. The molecule has 0 aliphatic heterocycles. The van der Waals surface area contributed by atoms with Gasteiger partial charge in [-0.25, -0.2) is 13.2 Å². The first-order chi connectivity index (χ1) is 15.9. The van der Waals surface area contributed by atoms with Gasteiger partial charge >= 0.3 is 0 Å². The van der Waals surface area contributed by atoms with Gasteiger partial charge in [0.25, 0.3) is 0 Å². The summed E-state index contributed by atoms with van der Waals surface area (Å²) in [6, 6.07) is 5.34. The molecule has 0 spiro atoms. The molecule has 4 rings (SSSR count). The van der Waals surface area contributed by atoms with Gasteiger partial charge in [0.15, 0.2) is 23.2 Å². The number of rotatable bonds is 6. The van der Waals surface area contributed by atoms with Crippen molar-refractivity contribution in [2.45, 2.75) is 51.4 Å². The Kier molecular flexibility index (Phi) is 7.26. The third-order valence-electron chi connectivity index (χ3n) is 7.36. The second-order valence-corrected chi connectivity index (χ2v) is 9.30. The molecule has 176 valence electrons. The average Bonchev–Trinajstić information content (AvgIpc) is 2.82. The zero-order chi connectivity index (χ0) is 23.5. The molecule has 33 heavy (non-hydrogen) atoms. The summed E-state index contributed by atoms with van der Waals surface area (Å²) in [5.74, 6) is -3.13. The molecule has 0 heterocycles. The van der Waals surface area contributed by atoms with E-state index in [1.54, 1.807) is 6.07 Å². The van der Waals surface area contributed by atoms with Crippen LogP contribution in [0.2, 0.25) is 0 Å². The smallest absolute Gasteiger partial charge is 0.201 e. The minimum atomic E-state index is -1.26. The van der Waals surface area contributed by atoms with E-state index in [1.165, 1.54) is 30.7 Å². The van der Waals surface area contributed by atoms with E-state index in [1.807, 2.05) is 0 Å². The monoisotopic (exact) mass is 458 g/mol. The zero-order valence-electron chi connectivity index (χ0n) is 18.9. The van der Waals surface area contributed by atoms with Crippen LogP contribution in [0.5, 0.6) is 5.75 Å². The molecule has 1 nitrogen and oxygen atoms in total. The Morgan fingerprint density at radius 1 is 0.848 bits per heavy atom. The van der Waals surface area contributed by atoms with Gasteiger partial charge in [0.05, 0.1) is 0 Å². The molecule has 4 atom stereocenters. The van der Waals surface area contributed by atoms with Crippen molar-refractivity contribution in [3.63, 3.8) is 0 Å². The lowest BCUT2D eigenvalue weighted by Crippen LogP contribution is -2.30. The molecule has 2 aromatic rings. The first-order valence-electron chi connectivity index (χ1n) is 11.8. The molecule has 0 radical (unpaired) electrons. The van der Waals surface area contributed by atoms with E-state index in [9.17, 15) is 8.78 Å². The van der Waals surface area contributed by atoms with Crippen LogP contribution in [0, 0.1) is 41.0 Å². The molecule has 0 N–H and O–H groups in total. The molecule has 2 aromatic carbocycles. The summed E-state index contributed by atoms with van der Waals surface area (Å²) >= 11 is 0. The molecule has 0 saturated heterocycles. The highest BCUT2D eigenvalue weighted by atomic mass is 19.2. The number of halogens is 4. The van der Waals surface area contributed by atoms with Crippen LogP contribution in [0.1, 0.15) is 56.9 Å². The third kappa shape index (κ3) is 4.73. The van der Waals surface area contributed by atoms with Gasteiger partial charge < -0.3 is 4.74 Å². The SMILES string of the molecule is C=CCOc1ccc(-c2ccc(C3CCC4CC(/C=C/C)CCC4C3)c(F)c2F)c(F)c1F. The normalized spacial score (nSPS) is 25.1. The molecular weight excluding hydrogens is 428 g/mol. The lowest BCUT2D eigenvalue weighted by Gasteiger charge is -2.42. The van der Waals surface area contributed by atoms with Gasteiger partial charge in [-0.15, -0.1) is 0 Å². The molecule has 0 aromatic heterocycles. The Hall–Kier alpha value is -2.56. The van der Waals surface area contributed by atoms with Crippen LogP contribution in [-0.4, -0.2) is 6.61 Å². The fraction of sp³-hybridized carbons (Fsp3) is 0.429. The highest BCUT2D eigenvalue weighted by Gasteiger charge is 2.36. The van der Waals surface area contributed by atoms with Crippen molar-refractivity contribution in [2.24, 2.45) is 17.8 Å². The van der Waals surface area contributed by atoms with E-state index < -0.39 is 23.3 Å². The van der Waals surface area contributed by atoms with E-state index in [2.05, 4.69) is 25.7 Å². The maximum Gasteiger partial charge on any atom is 0.201 e. The maximum absolute atomic E-state index is 15.2. The summed E-state index contributed by atoms with van der Waals surface area (Å²) < 4.78 is 64.3. The molecule has 4 unspecified atom stereocenters. The van der Waals surface area contributed by atoms with Gasteiger partial charge in [-0.2, -0.15) is 4.39 Å². The summed E-state index contributed by atoms with van der Waals surface area (Å²) in [5, 5.41) is 0. The Labute approximate surface area is 193 Å². The molecular formula is C28H30F4O. The van der Waals surface area contributed by atoms with Crippen molar-refractivity contribution in [3.05, 3.63) is 77.9 Å². The van der Waals surface area contributed by atoms with Gasteiger partial charge in [0, 0.05) is 11.1 Å². The van der Waals surface area contributed by atoms with Crippen molar-refractivity contribution < 1.29 is 22.3 Å². The molecule has 2 aliphatic carbocycles. The van der Waals surface area contributed by atoms with E-state index in [0.717, 1.165) is 32.1 Å². The summed E-state index contributed by atoms with van der Waals surface area (Å²) in [6.45, 7) is 5.52. The minimum absolute atomic E-state index is 0.00654. The summed E-state index contributed by atoms with van der Waals surface area (Å²) in [4.78, 5) is 0. The summed E-state index contributed by atoms with van der Waals surface area (Å²) in [7, 11) is 0. The second-order valence-electron chi connectivity index (χ2n) is 9.30. The van der Waals surface area contributed by atoms with Crippen LogP contribution in [0.3, 0.4) is 0 Å². The number of hydrogen-bond donors (Lipinski definition) is 0. The second kappa shape index (κ2) is 10.1. The van der Waals surface area contributed by atoms with Crippen molar-refractivity contribution in [1.82, 2.24) is 0 Å². The van der Waals surface area contributed by atoms with Gasteiger partial charge in [-0.1, -0.05) is 36.9 Å². The van der Waals surface area contributed by atoms with Crippen molar-refractivity contribution in [2.75, 3.05) is 6.61 Å². The molecule has 0 bridgehead atoms. The van der Waals surface area contributed by atoms with Crippen LogP contribution in [0.25, 0.3) is 11.1 Å². The highest BCUT2D eigenvalue weighted by molar-refractivity contribution is 5.66. The first kappa shape index (κ1) is 23.6. The highest BCUT2D eigenvalue weighted by Crippen LogP contribution is 2.48. The zero-order valence-corrected chi connectivity index (χ0v) is 18.9. The van der Waals surface area contributed by atoms with E-state index in [-0.39, 0.29) is 29.4 Å². The van der Waals surface area contributed by atoms with E-state index in [0.29, 0.717) is 23.3 Å². The Morgan fingerprint density at radius 3 is 2.24 bits per heavy atom. The lowest BCUT2D eigenvalue weighted by molar-refractivity contribution is 0.132. The van der Waals surface area contributed by atoms with Crippen LogP contribution >= 0.6 is 0 Å². The Morgan fingerprint density at radius 2 is 1.52 bits per heavy atom. The van der Waals surface area contributed by atoms with Crippen molar-refractivity contribution >= 4 is 0 Å². The fourth-order valence-corrected chi connectivity index (χ4v) is 5.74. The van der Waals surface area contributed by atoms with Crippen LogP contribution in [-0.2, 0) is 0 Å². The fourth-order valence-electron chi connectivity index (χ4n) is 5.74. The molecule has 0 amide bonds. The molecule has 5 heteroatoms. The number of benzene rings is 2. The third-order valence-corrected chi connectivity index (χ3v) is 7.36. The first-order valence-corrected chi connectivity index (χ1v) is 11.8. The topological polar surface area (TPSA) is 9.23 Å². The van der Waals surface area contributed by atoms with E-state index >= 15 is 8.78 Å². The van der Waals surface area contributed by atoms with Gasteiger partial charge in [0.1, 0.15) is 6.61 Å². The van der Waals surface area contributed by atoms with Crippen LogP contribution < -0.4 is 4.74 Å². The van der Waals surface area contributed by atoms with Crippen LogP contribution in [0.15, 0.2) is 49.1 Å². The summed E-state index contributed by atoms with van der Waals surface area (Å²) in [6.07, 6.45) is 11.9.